The zero-order valence-corrected chi connectivity index (χ0v) is 8.24. The van der Waals surface area contributed by atoms with Gasteiger partial charge in [-0.05, 0) is 11.6 Å². The summed E-state index contributed by atoms with van der Waals surface area (Å²) in [4.78, 5) is 0. The van der Waals surface area contributed by atoms with Gasteiger partial charge in [0.25, 0.3) is 0 Å². The van der Waals surface area contributed by atoms with E-state index in [4.69, 9.17) is 11.6 Å². The van der Waals surface area contributed by atoms with Gasteiger partial charge in [-0.15, -0.1) is 0 Å². The summed E-state index contributed by atoms with van der Waals surface area (Å²) < 4.78 is 0. The lowest BCUT2D eigenvalue weighted by molar-refractivity contribution is 1.66. The Morgan fingerprint density at radius 1 is 1.00 bits per heavy atom. The summed E-state index contributed by atoms with van der Waals surface area (Å²) in [5, 5.41) is 0. The first-order valence-electron chi connectivity index (χ1n) is 3.90. The molecular formula is C12H13Cl. The van der Waals surface area contributed by atoms with Crippen molar-refractivity contribution in [1.29, 1.82) is 0 Å². The molecule has 1 aromatic carbocycles. The Morgan fingerprint density at radius 3 is 1.92 bits per heavy atom. The van der Waals surface area contributed by atoms with Gasteiger partial charge in [-0.3, -0.25) is 0 Å². The van der Waals surface area contributed by atoms with Gasteiger partial charge < -0.3 is 0 Å². The minimum Gasteiger partial charge on any atom is -0.0991 e. The summed E-state index contributed by atoms with van der Waals surface area (Å²) in [5.41, 5.74) is 2.64. The van der Waals surface area contributed by atoms with E-state index >= 15 is 0 Å². The Hall–Kier alpha value is -1.27. The Kier molecular flexibility index (Phi) is 7.96. The zero-order chi connectivity index (χ0) is 9.94. The molecule has 0 saturated heterocycles. The predicted octanol–water partition coefficient (Wildman–Crippen LogP) is 4.25. The zero-order valence-electron chi connectivity index (χ0n) is 7.49. The molecule has 0 spiro atoms. The summed E-state index contributed by atoms with van der Waals surface area (Å²) in [7, 11) is 0. The Balaban J connectivity index is 0.000000310. The molecule has 0 saturated carbocycles. The molecule has 0 bridgehead atoms. The molecule has 0 aliphatic rings. The monoisotopic (exact) mass is 192 g/mol. The average molecular weight is 193 g/mol. The van der Waals surface area contributed by atoms with E-state index in [1.807, 2.05) is 36.4 Å². The van der Waals surface area contributed by atoms with E-state index < -0.39 is 0 Å². The molecule has 1 heteroatoms. The Bertz CT molecular complexity index is 254. The van der Waals surface area contributed by atoms with Crippen molar-refractivity contribution >= 4 is 17.7 Å². The topological polar surface area (TPSA) is 0 Å². The second-order valence-corrected chi connectivity index (χ2v) is 2.43. The quantitative estimate of drug-likeness (QED) is 0.615. The first-order chi connectivity index (χ1) is 6.35. The van der Waals surface area contributed by atoms with Crippen molar-refractivity contribution in [3.8, 4) is 0 Å². The van der Waals surface area contributed by atoms with Crippen molar-refractivity contribution in [1.82, 2.24) is 0 Å². The summed E-state index contributed by atoms with van der Waals surface area (Å²) in [6.07, 6.45) is 5.13. The second-order valence-electron chi connectivity index (χ2n) is 2.17. The second kappa shape index (κ2) is 8.82. The van der Waals surface area contributed by atoms with E-state index in [2.05, 4.69) is 13.2 Å². The number of halogens is 1. The van der Waals surface area contributed by atoms with Crippen LogP contribution in [-0.4, -0.2) is 0 Å². The molecule has 0 amide bonds. The molecule has 68 valence electrons. The third-order valence-corrected chi connectivity index (χ3v) is 1.35. The van der Waals surface area contributed by atoms with E-state index in [1.54, 1.807) is 12.2 Å². The minimum atomic E-state index is 1.13. The maximum absolute atomic E-state index is 5.36. The van der Waals surface area contributed by atoms with Crippen LogP contribution in [0.25, 0.3) is 6.08 Å². The predicted molar refractivity (Wildman–Crippen MR) is 61.7 cm³/mol. The Morgan fingerprint density at radius 2 is 1.54 bits per heavy atom. The lowest BCUT2D eigenvalue weighted by Crippen LogP contribution is -1.64. The van der Waals surface area contributed by atoms with Crippen molar-refractivity contribution in [3.05, 3.63) is 66.7 Å². The van der Waals surface area contributed by atoms with Gasteiger partial charge in [-0.25, -0.2) is 0 Å². The van der Waals surface area contributed by atoms with Crippen LogP contribution in [0.2, 0.25) is 0 Å². The van der Waals surface area contributed by atoms with E-state index in [-0.39, 0.29) is 0 Å². The number of allylic oxidation sites excluding steroid dienone is 2. The van der Waals surface area contributed by atoms with Gasteiger partial charge in [0, 0.05) is 5.54 Å². The van der Waals surface area contributed by atoms with Crippen LogP contribution in [0.1, 0.15) is 5.56 Å². The molecule has 0 heterocycles. The molecule has 0 unspecified atom stereocenters. The summed E-state index contributed by atoms with van der Waals surface area (Å²) in [5.74, 6) is 0. The smallest absolute Gasteiger partial charge is 0.00484 e. The van der Waals surface area contributed by atoms with Gasteiger partial charge in [-0.2, -0.15) is 0 Å². The normalized spacial score (nSPS) is 8.69. The number of hydrogen-bond acceptors (Lipinski definition) is 0. The van der Waals surface area contributed by atoms with Gasteiger partial charge in [0.1, 0.15) is 0 Å². The van der Waals surface area contributed by atoms with Crippen LogP contribution in [0, 0.1) is 0 Å². The van der Waals surface area contributed by atoms with Gasteiger partial charge in [-0.1, -0.05) is 67.2 Å². The first-order valence-corrected chi connectivity index (χ1v) is 4.34. The third kappa shape index (κ3) is 7.10. The van der Waals surface area contributed by atoms with E-state index in [0.717, 1.165) is 5.56 Å². The molecule has 0 aromatic heterocycles. The summed E-state index contributed by atoms with van der Waals surface area (Å²) in [6, 6.07) is 9.93. The highest BCUT2D eigenvalue weighted by molar-refractivity contribution is 6.27. The first kappa shape index (κ1) is 11.7. The third-order valence-electron chi connectivity index (χ3n) is 1.22. The van der Waals surface area contributed by atoms with Crippen LogP contribution in [-0.2, 0) is 0 Å². The molecule has 1 aromatic rings. The van der Waals surface area contributed by atoms with E-state index in [0.29, 0.717) is 0 Å². The summed E-state index contributed by atoms with van der Waals surface area (Å²) in [6.45, 7) is 6.72. The van der Waals surface area contributed by atoms with Crippen LogP contribution >= 0.6 is 11.6 Å². The van der Waals surface area contributed by atoms with Crippen molar-refractivity contribution < 1.29 is 0 Å². The highest BCUT2D eigenvalue weighted by atomic mass is 35.5. The van der Waals surface area contributed by atoms with Crippen molar-refractivity contribution in [2.24, 2.45) is 0 Å². The standard InChI is InChI=1S/C8H7Cl.C4H6/c9-7-6-8-4-2-1-3-5-8;1-3-4-2/h1-7H;3-4H,1-2H2. The maximum Gasteiger partial charge on any atom is 0.00484 e. The van der Waals surface area contributed by atoms with Crippen LogP contribution in [0.3, 0.4) is 0 Å². The number of benzene rings is 1. The van der Waals surface area contributed by atoms with E-state index in [9.17, 15) is 0 Å². The molecule has 0 aliphatic heterocycles. The van der Waals surface area contributed by atoms with Crippen molar-refractivity contribution in [2.75, 3.05) is 0 Å². The largest absolute Gasteiger partial charge is 0.0991 e. The molecule has 0 atom stereocenters. The number of rotatable bonds is 2. The lowest BCUT2D eigenvalue weighted by Gasteiger charge is -1.86. The molecule has 0 radical (unpaired) electrons. The molecule has 0 N–H and O–H groups in total. The van der Waals surface area contributed by atoms with Crippen LogP contribution in [0.15, 0.2) is 61.2 Å². The molecular weight excluding hydrogens is 180 g/mol. The van der Waals surface area contributed by atoms with Crippen LogP contribution in [0.5, 0.6) is 0 Å². The Labute approximate surface area is 84.9 Å². The fourth-order valence-electron chi connectivity index (χ4n) is 0.637. The SMILES string of the molecule is C=CC=C.ClC=Cc1ccccc1. The van der Waals surface area contributed by atoms with Crippen LogP contribution < -0.4 is 0 Å². The summed E-state index contributed by atoms with van der Waals surface area (Å²) >= 11 is 5.36. The molecule has 0 aliphatic carbocycles. The van der Waals surface area contributed by atoms with Gasteiger partial charge in [0.05, 0.1) is 0 Å². The van der Waals surface area contributed by atoms with Gasteiger partial charge in [0.15, 0.2) is 0 Å². The molecule has 0 nitrogen and oxygen atoms in total. The minimum absolute atomic E-state index is 1.13. The molecule has 0 fully saturated rings. The maximum atomic E-state index is 5.36. The van der Waals surface area contributed by atoms with Crippen molar-refractivity contribution in [2.45, 2.75) is 0 Å². The highest BCUT2D eigenvalue weighted by Gasteiger charge is 1.78. The fraction of sp³-hybridized carbons (Fsp3) is 0. The molecule has 1 rings (SSSR count). The number of hydrogen-bond donors (Lipinski definition) is 0. The van der Waals surface area contributed by atoms with Gasteiger partial charge >= 0.3 is 0 Å². The lowest BCUT2D eigenvalue weighted by atomic mass is 10.2. The van der Waals surface area contributed by atoms with Crippen molar-refractivity contribution in [3.63, 3.8) is 0 Å². The highest BCUT2D eigenvalue weighted by Crippen LogP contribution is 2.00. The van der Waals surface area contributed by atoms with Gasteiger partial charge in [0.2, 0.25) is 0 Å². The fourth-order valence-corrected chi connectivity index (χ4v) is 0.782. The average Bonchev–Trinajstić information content (AvgIpc) is 2.20. The van der Waals surface area contributed by atoms with Crippen LogP contribution in [0.4, 0.5) is 0 Å². The van der Waals surface area contributed by atoms with E-state index in [1.165, 1.54) is 5.54 Å². The molecule has 13 heavy (non-hydrogen) atoms.